The van der Waals surface area contributed by atoms with Gasteiger partial charge < -0.3 is 29.3 Å². The molecule has 1 aliphatic rings. The van der Waals surface area contributed by atoms with Gasteiger partial charge in [0.1, 0.15) is 11.5 Å². The van der Waals surface area contributed by atoms with E-state index in [-0.39, 0.29) is 29.4 Å². The lowest BCUT2D eigenvalue weighted by Crippen LogP contribution is -2.31. The quantitative estimate of drug-likeness (QED) is 0.235. The smallest absolute Gasteiger partial charge is 0.295 e. The van der Waals surface area contributed by atoms with Crippen molar-refractivity contribution < 1.29 is 34.0 Å². The van der Waals surface area contributed by atoms with E-state index in [0.29, 0.717) is 42.4 Å². The number of aromatic hydroxyl groups is 1. The van der Waals surface area contributed by atoms with Crippen LogP contribution in [0.4, 0.5) is 0 Å². The molecule has 3 rings (SSSR count). The standard InChI is InChI=1S/C26H31NO7/c1-16(2)15-34-19-9-6-17(7-10-19)24(29)22-23(18-8-11-21(33-4)20(28)14-18)27(12-5-13-32-3)26(31)25(22)30/h6-11,14,16,23,28-29H,5,12-13,15H2,1-4H3/b24-22-. The molecule has 0 radical (unpaired) electrons. The molecule has 1 atom stereocenters. The van der Waals surface area contributed by atoms with Crippen LogP contribution >= 0.6 is 0 Å². The van der Waals surface area contributed by atoms with Gasteiger partial charge in [0.25, 0.3) is 11.7 Å². The zero-order valence-electron chi connectivity index (χ0n) is 19.9. The summed E-state index contributed by atoms with van der Waals surface area (Å²) in [4.78, 5) is 27.4. The zero-order chi connectivity index (χ0) is 24.8. The molecule has 1 fully saturated rings. The van der Waals surface area contributed by atoms with Crippen LogP contribution in [0.3, 0.4) is 0 Å². The van der Waals surface area contributed by atoms with Gasteiger partial charge >= 0.3 is 0 Å². The van der Waals surface area contributed by atoms with Crippen LogP contribution in [0.25, 0.3) is 5.76 Å². The second kappa shape index (κ2) is 11.1. The van der Waals surface area contributed by atoms with Crippen LogP contribution in [0.15, 0.2) is 48.0 Å². The molecule has 0 saturated carbocycles. The van der Waals surface area contributed by atoms with Crippen molar-refractivity contribution in [3.8, 4) is 17.2 Å². The number of phenols is 1. The largest absolute Gasteiger partial charge is 0.507 e. The van der Waals surface area contributed by atoms with Crippen LogP contribution in [-0.2, 0) is 14.3 Å². The van der Waals surface area contributed by atoms with Gasteiger partial charge in [0.05, 0.1) is 25.3 Å². The van der Waals surface area contributed by atoms with Gasteiger partial charge in [-0.1, -0.05) is 19.9 Å². The molecule has 8 heteroatoms. The van der Waals surface area contributed by atoms with Crippen LogP contribution in [-0.4, -0.2) is 60.8 Å². The van der Waals surface area contributed by atoms with Crippen molar-refractivity contribution >= 4 is 17.4 Å². The molecule has 2 N–H and O–H groups in total. The monoisotopic (exact) mass is 469 g/mol. The summed E-state index contributed by atoms with van der Waals surface area (Å²) in [5.74, 6) is -0.648. The molecule has 182 valence electrons. The van der Waals surface area contributed by atoms with Crippen LogP contribution in [0, 0.1) is 5.92 Å². The number of ketones is 1. The number of nitrogens with zero attached hydrogens (tertiary/aromatic N) is 1. The van der Waals surface area contributed by atoms with E-state index in [1.165, 1.54) is 18.1 Å². The van der Waals surface area contributed by atoms with Crippen LogP contribution in [0.5, 0.6) is 17.2 Å². The number of hydrogen-bond donors (Lipinski definition) is 2. The van der Waals surface area contributed by atoms with Gasteiger partial charge in [0, 0.05) is 25.8 Å². The van der Waals surface area contributed by atoms with Gasteiger partial charge in [-0.2, -0.15) is 0 Å². The van der Waals surface area contributed by atoms with Gasteiger partial charge in [-0.05, 0) is 54.3 Å². The average molecular weight is 470 g/mol. The Kier molecular flexibility index (Phi) is 8.17. The number of hydrogen-bond acceptors (Lipinski definition) is 7. The van der Waals surface area contributed by atoms with E-state index < -0.39 is 17.7 Å². The van der Waals surface area contributed by atoms with Crippen molar-refractivity contribution in [2.75, 3.05) is 34.0 Å². The summed E-state index contributed by atoms with van der Waals surface area (Å²) in [6.45, 7) is 5.29. The minimum Gasteiger partial charge on any atom is -0.507 e. The van der Waals surface area contributed by atoms with E-state index >= 15 is 0 Å². The molecule has 1 heterocycles. The molecule has 8 nitrogen and oxygen atoms in total. The molecule has 2 aromatic carbocycles. The first kappa shape index (κ1) is 25.1. The Morgan fingerprint density at radius 1 is 1.09 bits per heavy atom. The minimum atomic E-state index is -0.870. The lowest BCUT2D eigenvalue weighted by molar-refractivity contribution is -0.140. The Balaban J connectivity index is 2.04. The zero-order valence-corrected chi connectivity index (χ0v) is 19.9. The summed E-state index contributed by atoms with van der Waals surface area (Å²) in [7, 11) is 2.99. The van der Waals surface area contributed by atoms with Gasteiger partial charge in [0.15, 0.2) is 11.5 Å². The second-order valence-corrected chi connectivity index (χ2v) is 8.50. The number of benzene rings is 2. The molecule has 1 saturated heterocycles. The molecule has 1 amide bonds. The molecule has 1 aliphatic heterocycles. The molecule has 0 aliphatic carbocycles. The number of carbonyl (C=O) groups excluding carboxylic acids is 2. The number of likely N-dealkylation sites (tertiary alicyclic amines) is 1. The average Bonchev–Trinajstić information content (AvgIpc) is 3.07. The Hall–Kier alpha value is -3.52. The van der Waals surface area contributed by atoms with E-state index in [0.717, 1.165) is 0 Å². The van der Waals surface area contributed by atoms with Gasteiger partial charge in [-0.25, -0.2) is 0 Å². The van der Waals surface area contributed by atoms with Gasteiger partial charge in [-0.15, -0.1) is 0 Å². The van der Waals surface area contributed by atoms with Crippen LogP contribution < -0.4 is 9.47 Å². The Bertz CT molecular complexity index is 1060. The van der Waals surface area contributed by atoms with E-state index in [4.69, 9.17) is 14.2 Å². The minimum absolute atomic E-state index is 0.0390. The lowest BCUT2D eigenvalue weighted by atomic mass is 9.95. The third kappa shape index (κ3) is 5.34. The number of Topliss-reactive ketones (excluding diaryl/α,β-unsaturated/α-hetero) is 1. The number of aliphatic hydroxyl groups excluding tert-OH is 1. The number of amides is 1. The fraction of sp³-hybridized carbons (Fsp3) is 0.385. The summed E-state index contributed by atoms with van der Waals surface area (Å²) in [6, 6.07) is 10.5. The Morgan fingerprint density at radius 2 is 1.79 bits per heavy atom. The van der Waals surface area contributed by atoms with E-state index in [1.807, 2.05) is 13.8 Å². The second-order valence-electron chi connectivity index (χ2n) is 8.50. The first-order chi connectivity index (χ1) is 16.3. The summed E-state index contributed by atoms with van der Waals surface area (Å²) in [6.07, 6.45) is 0.504. The summed E-state index contributed by atoms with van der Waals surface area (Å²) in [5, 5.41) is 21.5. The molecule has 2 aromatic rings. The van der Waals surface area contributed by atoms with Crippen molar-refractivity contribution in [1.82, 2.24) is 4.90 Å². The highest BCUT2D eigenvalue weighted by Crippen LogP contribution is 2.41. The highest BCUT2D eigenvalue weighted by atomic mass is 16.5. The molecule has 0 bridgehead atoms. The molecule has 0 spiro atoms. The van der Waals surface area contributed by atoms with Crippen LogP contribution in [0.2, 0.25) is 0 Å². The maximum Gasteiger partial charge on any atom is 0.295 e. The topological polar surface area (TPSA) is 106 Å². The van der Waals surface area contributed by atoms with Crippen molar-refractivity contribution in [3.05, 3.63) is 59.2 Å². The van der Waals surface area contributed by atoms with Gasteiger partial charge in [0.2, 0.25) is 0 Å². The number of rotatable bonds is 10. The fourth-order valence-electron chi connectivity index (χ4n) is 3.84. The van der Waals surface area contributed by atoms with E-state index in [1.54, 1.807) is 43.5 Å². The van der Waals surface area contributed by atoms with Crippen LogP contribution in [0.1, 0.15) is 37.4 Å². The number of ether oxygens (including phenoxy) is 3. The van der Waals surface area contributed by atoms with Crippen molar-refractivity contribution in [2.24, 2.45) is 5.92 Å². The fourth-order valence-corrected chi connectivity index (χ4v) is 3.84. The highest BCUT2D eigenvalue weighted by molar-refractivity contribution is 6.46. The predicted molar refractivity (Wildman–Crippen MR) is 127 cm³/mol. The summed E-state index contributed by atoms with van der Waals surface area (Å²) < 4.78 is 15.9. The first-order valence-electron chi connectivity index (χ1n) is 11.2. The molecular weight excluding hydrogens is 438 g/mol. The molecular formula is C26H31NO7. The normalized spacial score (nSPS) is 17.4. The number of aliphatic hydroxyl groups is 1. The van der Waals surface area contributed by atoms with Crippen molar-refractivity contribution in [3.63, 3.8) is 0 Å². The Labute approximate surface area is 199 Å². The van der Waals surface area contributed by atoms with Crippen molar-refractivity contribution in [1.29, 1.82) is 0 Å². The SMILES string of the molecule is COCCCN1C(=O)C(=O)/C(=C(\O)c2ccc(OCC(C)C)cc2)C1c1ccc(OC)c(O)c1. The van der Waals surface area contributed by atoms with Gasteiger partial charge in [-0.3, -0.25) is 9.59 Å². The third-order valence-electron chi connectivity index (χ3n) is 5.52. The number of carbonyl (C=O) groups is 2. The molecule has 0 aromatic heterocycles. The molecule has 34 heavy (non-hydrogen) atoms. The maximum absolute atomic E-state index is 13.0. The first-order valence-corrected chi connectivity index (χ1v) is 11.2. The summed E-state index contributed by atoms with van der Waals surface area (Å²) in [5.41, 5.74) is 0.825. The van der Waals surface area contributed by atoms with Crippen molar-refractivity contribution in [2.45, 2.75) is 26.3 Å². The third-order valence-corrected chi connectivity index (χ3v) is 5.52. The highest BCUT2D eigenvalue weighted by Gasteiger charge is 2.46. The lowest BCUT2D eigenvalue weighted by Gasteiger charge is -2.25. The predicted octanol–water partition coefficient (Wildman–Crippen LogP) is 3.89. The Morgan fingerprint density at radius 3 is 2.38 bits per heavy atom. The number of methoxy groups -OCH3 is 2. The summed E-state index contributed by atoms with van der Waals surface area (Å²) >= 11 is 0. The molecule has 1 unspecified atom stereocenters. The van der Waals surface area contributed by atoms with E-state index in [2.05, 4.69) is 0 Å². The maximum atomic E-state index is 13.0. The number of phenolic OH excluding ortho intramolecular Hbond substituents is 1. The van der Waals surface area contributed by atoms with E-state index in [9.17, 15) is 19.8 Å².